The second kappa shape index (κ2) is 10.2. The van der Waals surface area contributed by atoms with Gasteiger partial charge in [-0.25, -0.2) is 0 Å². The molecule has 5 nitrogen and oxygen atoms in total. The molecule has 5 atom stereocenters. The number of ether oxygens (including phenoxy) is 1. The normalized spacial score (nSPS) is 25.5. The summed E-state index contributed by atoms with van der Waals surface area (Å²) in [6.45, 7) is 2.34. The van der Waals surface area contributed by atoms with Crippen LogP contribution >= 0.6 is 0 Å². The van der Waals surface area contributed by atoms with Crippen LogP contribution in [-0.4, -0.2) is 46.0 Å². The van der Waals surface area contributed by atoms with Crippen LogP contribution in [0.5, 0.6) is 5.75 Å². The third-order valence-electron chi connectivity index (χ3n) is 5.88. The molecule has 1 aromatic carbocycles. The molecular weight excluding hydrogens is 394 g/mol. The summed E-state index contributed by atoms with van der Waals surface area (Å²) < 4.78 is 34.0. The van der Waals surface area contributed by atoms with Gasteiger partial charge >= 0.3 is 5.97 Å². The summed E-state index contributed by atoms with van der Waals surface area (Å²) in [7, 11) is 0. The first kappa shape index (κ1) is 24.0. The molecule has 0 radical (unpaired) electrons. The zero-order chi connectivity index (χ0) is 22.4. The van der Waals surface area contributed by atoms with Gasteiger partial charge in [0.05, 0.1) is 17.6 Å². The zero-order valence-corrected chi connectivity index (χ0v) is 17.2. The van der Waals surface area contributed by atoms with E-state index < -0.39 is 48.0 Å². The molecule has 1 aliphatic rings. The van der Waals surface area contributed by atoms with E-state index in [1.54, 1.807) is 49.4 Å². The predicted molar refractivity (Wildman–Crippen MR) is 109 cm³/mol. The number of aliphatic carboxylic acids is 1. The number of rotatable bonds is 10. The fourth-order valence-corrected chi connectivity index (χ4v) is 4.03. The number of carboxylic acids is 1. The lowest BCUT2D eigenvalue weighted by atomic mass is 9.65. The Labute approximate surface area is 175 Å². The van der Waals surface area contributed by atoms with E-state index in [9.17, 15) is 28.9 Å². The second-order valence-corrected chi connectivity index (χ2v) is 8.02. The maximum atomic E-state index is 14.4. The van der Waals surface area contributed by atoms with E-state index in [1.165, 1.54) is 13.0 Å². The largest absolute Gasteiger partial charge is 0.487 e. The van der Waals surface area contributed by atoms with Gasteiger partial charge in [0.25, 0.3) is 5.92 Å². The van der Waals surface area contributed by atoms with Crippen LogP contribution in [0.25, 0.3) is 0 Å². The summed E-state index contributed by atoms with van der Waals surface area (Å²) in [5, 5.41) is 30.2. The van der Waals surface area contributed by atoms with E-state index >= 15 is 0 Å². The van der Waals surface area contributed by atoms with Crippen molar-refractivity contribution in [3.8, 4) is 5.75 Å². The Morgan fingerprint density at radius 1 is 1.27 bits per heavy atom. The summed E-state index contributed by atoms with van der Waals surface area (Å²) in [5.74, 6) is -5.74. The first-order valence-electron chi connectivity index (χ1n) is 10.1. The molecule has 0 heterocycles. The minimum Gasteiger partial charge on any atom is -0.487 e. The number of aliphatic hydroxyl groups excluding tert-OH is 2. The number of carboxylic acid groups (broad SMARTS) is 1. The summed E-state index contributed by atoms with van der Waals surface area (Å²) in [5.41, 5.74) is -1.52. The van der Waals surface area contributed by atoms with Crippen molar-refractivity contribution in [3.63, 3.8) is 0 Å². The zero-order valence-electron chi connectivity index (χ0n) is 17.2. The highest BCUT2D eigenvalue weighted by atomic mass is 19.3. The van der Waals surface area contributed by atoms with E-state index in [-0.39, 0.29) is 19.3 Å². The first-order valence-corrected chi connectivity index (χ1v) is 10.1. The Kier molecular flexibility index (Phi) is 8.15. The minimum atomic E-state index is -3.31. The molecule has 1 aromatic rings. The SMILES string of the molecule is CC=CCC(C=CC(F)(F)COc1ccccc1)C(C)(C(=O)O)C1CC(O)CC1O. The molecule has 0 aromatic heterocycles. The number of benzene rings is 1. The van der Waals surface area contributed by atoms with E-state index in [2.05, 4.69) is 0 Å². The van der Waals surface area contributed by atoms with Crippen LogP contribution in [0.3, 0.4) is 0 Å². The molecule has 7 heteroatoms. The molecule has 0 saturated heterocycles. The van der Waals surface area contributed by atoms with Gasteiger partial charge in [-0.05, 0) is 57.2 Å². The monoisotopic (exact) mass is 424 g/mol. The van der Waals surface area contributed by atoms with Gasteiger partial charge < -0.3 is 20.1 Å². The van der Waals surface area contributed by atoms with Crippen molar-refractivity contribution in [2.24, 2.45) is 17.3 Å². The standard InChI is InChI=1S/C23H30F2O5/c1-3-4-8-16(22(2,21(28)29)19-13-17(26)14-20(19)27)11-12-23(24,25)15-30-18-9-6-5-7-10-18/h3-7,9-12,16-17,19-20,26-27H,8,13-15H2,1-2H3,(H,28,29). The van der Waals surface area contributed by atoms with Gasteiger partial charge in [0, 0.05) is 5.92 Å². The summed E-state index contributed by atoms with van der Waals surface area (Å²) in [4.78, 5) is 12.2. The van der Waals surface area contributed by atoms with Crippen LogP contribution in [-0.2, 0) is 4.79 Å². The molecule has 2 rings (SSSR count). The third kappa shape index (κ3) is 5.89. The van der Waals surface area contributed by atoms with Gasteiger partial charge in [0.2, 0.25) is 0 Å². The van der Waals surface area contributed by atoms with Crippen molar-refractivity contribution >= 4 is 5.97 Å². The van der Waals surface area contributed by atoms with Gasteiger partial charge in [0.1, 0.15) is 5.75 Å². The number of aliphatic hydroxyl groups is 2. The molecule has 5 unspecified atom stereocenters. The van der Waals surface area contributed by atoms with Crippen molar-refractivity contribution in [2.75, 3.05) is 6.61 Å². The van der Waals surface area contributed by atoms with Crippen LogP contribution in [0.2, 0.25) is 0 Å². The number of hydrogen-bond donors (Lipinski definition) is 3. The van der Waals surface area contributed by atoms with Crippen molar-refractivity contribution in [1.82, 2.24) is 0 Å². The Hall–Kier alpha value is -2.25. The molecule has 0 bridgehead atoms. The minimum absolute atomic E-state index is 0.0780. The lowest BCUT2D eigenvalue weighted by molar-refractivity contribution is -0.157. The van der Waals surface area contributed by atoms with Gasteiger partial charge in [-0.1, -0.05) is 36.4 Å². The summed E-state index contributed by atoms with van der Waals surface area (Å²) >= 11 is 0. The molecule has 1 saturated carbocycles. The topological polar surface area (TPSA) is 87.0 Å². The van der Waals surface area contributed by atoms with Crippen molar-refractivity contribution in [3.05, 3.63) is 54.6 Å². The van der Waals surface area contributed by atoms with Crippen LogP contribution in [0, 0.1) is 17.3 Å². The highest BCUT2D eigenvalue weighted by molar-refractivity contribution is 5.75. The number of allylic oxidation sites excluding steroid dienone is 3. The molecule has 0 amide bonds. The fourth-order valence-electron chi connectivity index (χ4n) is 4.03. The van der Waals surface area contributed by atoms with Crippen molar-refractivity contribution in [2.45, 2.75) is 51.2 Å². The number of halogens is 2. The maximum absolute atomic E-state index is 14.4. The highest BCUT2D eigenvalue weighted by Crippen LogP contribution is 2.47. The number of para-hydroxylation sites is 1. The van der Waals surface area contributed by atoms with E-state index in [1.807, 2.05) is 0 Å². The summed E-state index contributed by atoms with van der Waals surface area (Å²) in [6.07, 6.45) is 3.91. The molecule has 30 heavy (non-hydrogen) atoms. The second-order valence-electron chi connectivity index (χ2n) is 8.02. The molecule has 166 valence electrons. The van der Waals surface area contributed by atoms with Crippen LogP contribution < -0.4 is 4.74 Å². The smallest absolute Gasteiger partial charge is 0.310 e. The summed E-state index contributed by atoms with van der Waals surface area (Å²) in [6, 6.07) is 8.25. The Balaban J connectivity index is 2.24. The quantitative estimate of drug-likeness (QED) is 0.493. The van der Waals surface area contributed by atoms with Crippen LogP contribution in [0.15, 0.2) is 54.6 Å². The van der Waals surface area contributed by atoms with E-state index in [4.69, 9.17) is 4.74 Å². The Bertz CT molecular complexity index is 749. The molecule has 3 N–H and O–H groups in total. The maximum Gasteiger partial charge on any atom is 0.310 e. The lowest BCUT2D eigenvalue weighted by Gasteiger charge is -2.38. The Morgan fingerprint density at radius 2 is 1.93 bits per heavy atom. The third-order valence-corrected chi connectivity index (χ3v) is 5.88. The van der Waals surface area contributed by atoms with Crippen LogP contribution in [0.1, 0.15) is 33.1 Å². The first-order chi connectivity index (χ1) is 14.1. The molecule has 1 fully saturated rings. The molecule has 1 aliphatic carbocycles. The van der Waals surface area contributed by atoms with Gasteiger partial charge in [-0.15, -0.1) is 0 Å². The van der Waals surface area contributed by atoms with Crippen molar-refractivity contribution < 1.29 is 33.6 Å². The number of alkyl halides is 2. The van der Waals surface area contributed by atoms with Crippen molar-refractivity contribution in [1.29, 1.82) is 0 Å². The molecule has 0 spiro atoms. The molecular formula is C23H30F2O5. The van der Waals surface area contributed by atoms with Gasteiger partial charge in [0.15, 0.2) is 6.61 Å². The van der Waals surface area contributed by atoms with Gasteiger partial charge in [-0.3, -0.25) is 4.79 Å². The fraction of sp³-hybridized carbons (Fsp3) is 0.522. The van der Waals surface area contributed by atoms with E-state index in [0.717, 1.165) is 0 Å². The number of carbonyl (C=O) groups is 1. The predicted octanol–water partition coefficient (Wildman–Crippen LogP) is 4.06. The average molecular weight is 424 g/mol. The Morgan fingerprint density at radius 3 is 2.47 bits per heavy atom. The van der Waals surface area contributed by atoms with E-state index in [0.29, 0.717) is 11.8 Å². The van der Waals surface area contributed by atoms with Gasteiger partial charge in [-0.2, -0.15) is 8.78 Å². The lowest BCUT2D eigenvalue weighted by Crippen LogP contribution is -2.45. The van der Waals surface area contributed by atoms with Crippen LogP contribution in [0.4, 0.5) is 8.78 Å². The number of hydrogen-bond acceptors (Lipinski definition) is 4. The molecule has 0 aliphatic heterocycles. The highest BCUT2D eigenvalue weighted by Gasteiger charge is 2.52. The average Bonchev–Trinajstić information content (AvgIpc) is 3.05.